The lowest BCUT2D eigenvalue weighted by Crippen LogP contribution is -2.63. The standard InChI is InChI=1S/C15H24N4O2/c1-12-9-13(18-21-12)17-14(20)10-19-8-7-16-11-15(19)5-3-2-4-6-15/h9,16H,2-8,10-11H2,1H3,(H,17,18,20). The van der Waals surface area contributed by atoms with E-state index in [-0.39, 0.29) is 11.4 Å². The molecular weight excluding hydrogens is 268 g/mol. The molecule has 2 fully saturated rings. The smallest absolute Gasteiger partial charge is 0.239 e. The summed E-state index contributed by atoms with van der Waals surface area (Å²) in [6.45, 7) is 5.15. The van der Waals surface area contributed by atoms with Crippen LogP contribution in [-0.2, 0) is 4.79 Å². The predicted molar refractivity (Wildman–Crippen MR) is 80.1 cm³/mol. The number of piperazine rings is 1. The number of carbonyl (C=O) groups is 1. The number of hydrogen-bond donors (Lipinski definition) is 2. The number of hydrogen-bond acceptors (Lipinski definition) is 5. The Balaban J connectivity index is 1.62. The van der Waals surface area contributed by atoms with E-state index in [1.165, 1.54) is 32.1 Å². The van der Waals surface area contributed by atoms with Gasteiger partial charge in [-0.25, -0.2) is 0 Å². The van der Waals surface area contributed by atoms with Gasteiger partial charge in [-0.2, -0.15) is 0 Å². The maximum Gasteiger partial charge on any atom is 0.239 e. The van der Waals surface area contributed by atoms with Gasteiger partial charge in [0, 0.05) is 31.2 Å². The van der Waals surface area contributed by atoms with Crippen LogP contribution in [0.4, 0.5) is 5.82 Å². The van der Waals surface area contributed by atoms with Gasteiger partial charge in [0.1, 0.15) is 5.76 Å². The number of carbonyl (C=O) groups excluding carboxylic acids is 1. The van der Waals surface area contributed by atoms with Crippen LogP contribution < -0.4 is 10.6 Å². The minimum Gasteiger partial charge on any atom is -0.360 e. The minimum absolute atomic E-state index is 0.00449. The summed E-state index contributed by atoms with van der Waals surface area (Å²) >= 11 is 0. The fourth-order valence-electron chi connectivity index (χ4n) is 3.61. The number of nitrogens with zero attached hydrogens (tertiary/aromatic N) is 2. The molecule has 0 aromatic carbocycles. The molecule has 2 aliphatic rings. The third-order valence-electron chi connectivity index (χ3n) is 4.70. The van der Waals surface area contributed by atoms with E-state index in [9.17, 15) is 4.79 Å². The van der Waals surface area contributed by atoms with Crippen LogP contribution in [0.15, 0.2) is 10.6 Å². The number of aryl methyl sites for hydroxylation is 1. The third kappa shape index (κ3) is 3.27. The summed E-state index contributed by atoms with van der Waals surface area (Å²) in [4.78, 5) is 14.6. The van der Waals surface area contributed by atoms with E-state index >= 15 is 0 Å². The van der Waals surface area contributed by atoms with Gasteiger partial charge in [-0.3, -0.25) is 9.69 Å². The maximum atomic E-state index is 12.3. The molecule has 6 heteroatoms. The first-order valence-electron chi connectivity index (χ1n) is 7.87. The van der Waals surface area contributed by atoms with Crippen molar-refractivity contribution >= 4 is 11.7 Å². The van der Waals surface area contributed by atoms with Crippen LogP contribution in [0.25, 0.3) is 0 Å². The van der Waals surface area contributed by atoms with Gasteiger partial charge in [0.2, 0.25) is 5.91 Å². The van der Waals surface area contributed by atoms with Gasteiger partial charge in [-0.05, 0) is 19.8 Å². The molecule has 1 saturated carbocycles. The second-order valence-electron chi connectivity index (χ2n) is 6.25. The van der Waals surface area contributed by atoms with Crippen LogP contribution in [0.5, 0.6) is 0 Å². The first-order chi connectivity index (χ1) is 10.2. The quantitative estimate of drug-likeness (QED) is 0.884. The van der Waals surface area contributed by atoms with Crippen molar-refractivity contribution in [3.8, 4) is 0 Å². The molecule has 2 N–H and O–H groups in total. The topological polar surface area (TPSA) is 70.4 Å². The summed E-state index contributed by atoms with van der Waals surface area (Å²) in [6, 6.07) is 1.74. The van der Waals surface area contributed by atoms with Crippen molar-refractivity contribution in [1.82, 2.24) is 15.4 Å². The highest BCUT2D eigenvalue weighted by Gasteiger charge is 2.40. The fourth-order valence-corrected chi connectivity index (χ4v) is 3.61. The van der Waals surface area contributed by atoms with Crippen LogP contribution in [0.2, 0.25) is 0 Å². The second-order valence-corrected chi connectivity index (χ2v) is 6.25. The van der Waals surface area contributed by atoms with Crippen molar-refractivity contribution in [2.45, 2.75) is 44.6 Å². The molecule has 3 rings (SSSR count). The summed E-state index contributed by atoms with van der Waals surface area (Å²) in [5.74, 6) is 1.21. The number of aromatic nitrogens is 1. The predicted octanol–water partition coefficient (Wildman–Crippen LogP) is 1.53. The molecule has 1 aromatic rings. The average molecular weight is 292 g/mol. The first-order valence-corrected chi connectivity index (χ1v) is 7.87. The molecule has 0 unspecified atom stereocenters. The molecule has 0 radical (unpaired) electrons. The van der Waals surface area contributed by atoms with E-state index in [2.05, 4.69) is 20.7 Å². The van der Waals surface area contributed by atoms with Gasteiger partial charge in [-0.1, -0.05) is 24.4 Å². The zero-order valence-corrected chi connectivity index (χ0v) is 12.7. The zero-order chi connectivity index (χ0) is 14.7. The zero-order valence-electron chi connectivity index (χ0n) is 12.7. The van der Waals surface area contributed by atoms with Crippen LogP contribution in [0, 0.1) is 6.92 Å². The third-order valence-corrected chi connectivity index (χ3v) is 4.70. The lowest BCUT2D eigenvalue weighted by Gasteiger charge is -2.49. The molecule has 0 atom stereocenters. The Labute approximate surface area is 125 Å². The van der Waals surface area contributed by atoms with Crippen molar-refractivity contribution in [3.63, 3.8) is 0 Å². The van der Waals surface area contributed by atoms with E-state index in [0.717, 1.165) is 19.6 Å². The summed E-state index contributed by atoms with van der Waals surface area (Å²) in [6.07, 6.45) is 6.23. The van der Waals surface area contributed by atoms with Crippen molar-refractivity contribution in [3.05, 3.63) is 11.8 Å². The summed E-state index contributed by atoms with van der Waals surface area (Å²) in [5.41, 5.74) is 0.174. The van der Waals surface area contributed by atoms with Crippen LogP contribution in [0.3, 0.4) is 0 Å². The Morgan fingerprint density at radius 3 is 3.00 bits per heavy atom. The fraction of sp³-hybridized carbons (Fsp3) is 0.733. The van der Waals surface area contributed by atoms with Crippen LogP contribution in [-0.4, -0.2) is 47.7 Å². The van der Waals surface area contributed by atoms with Gasteiger partial charge in [0.05, 0.1) is 6.54 Å². The average Bonchev–Trinajstić information content (AvgIpc) is 2.88. The van der Waals surface area contributed by atoms with E-state index in [1.54, 1.807) is 6.07 Å². The van der Waals surface area contributed by atoms with Gasteiger partial charge in [0.15, 0.2) is 5.82 Å². The van der Waals surface area contributed by atoms with Gasteiger partial charge in [0.25, 0.3) is 0 Å². The molecule has 1 aromatic heterocycles. The lowest BCUT2D eigenvalue weighted by atomic mass is 9.79. The molecule has 6 nitrogen and oxygen atoms in total. The highest BCUT2D eigenvalue weighted by atomic mass is 16.5. The summed E-state index contributed by atoms with van der Waals surface area (Å²) in [7, 11) is 0. The van der Waals surface area contributed by atoms with Crippen molar-refractivity contribution in [2.24, 2.45) is 0 Å². The SMILES string of the molecule is Cc1cc(NC(=O)CN2CCNCC23CCCCC3)no1. The second kappa shape index (κ2) is 6.15. The Morgan fingerprint density at radius 1 is 1.48 bits per heavy atom. The van der Waals surface area contributed by atoms with E-state index in [0.29, 0.717) is 18.1 Å². The minimum atomic E-state index is -0.00449. The normalized spacial score (nSPS) is 22.3. The molecule has 0 bridgehead atoms. The highest BCUT2D eigenvalue weighted by molar-refractivity contribution is 5.91. The lowest BCUT2D eigenvalue weighted by molar-refractivity contribution is -0.120. The van der Waals surface area contributed by atoms with E-state index in [1.807, 2.05) is 6.92 Å². The molecule has 21 heavy (non-hydrogen) atoms. The molecule has 1 spiro atoms. The molecule has 1 amide bonds. The Morgan fingerprint density at radius 2 is 2.29 bits per heavy atom. The molecule has 1 aliphatic heterocycles. The summed E-state index contributed by atoms with van der Waals surface area (Å²) < 4.78 is 4.98. The number of anilines is 1. The Hall–Kier alpha value is -1.40. The molecule has 2 heterocycles. The van der Waals surface area contributed by atoms with E-state index in [4.69, 9.17) is 4.52 Å². The first kappa shape index (κ1) is 14.5. The molecule has 1 aliphatic carbocycles. The maximum absolute atomic E-state index is 12.3. The molecular formula is C15H24N4O2. The van der Waals surface area contributed by atoms with Gasteiger partial charge >= 0.3 is 0 Å². The highest BCUT2D eigenvalue weighted by Crippen LogP contribution is 2.34. The van der Waals surface area contributed by atoms with Gasteiger partial charge < -0.3 is 15.2 Å². The van der Waals surface area contributed by atoms with Crippen molar-refractivity contribution in [1.29, 1.82) is 0 Å². The number of amides is 1. The summed E-state index contributed by atoms with van der Waals surface area (Å²) in [5, 5.41) is 10.1. The molecule has 116 valence electrons. The van der Waals surface area contributed by atoms with E-state index < -0.39 is 0 Å². The van der Waals surface area contributed by atoms with Crippen molar-refractivity contribution < 1.29 is 9.32 Å². The Kier molecular flexibility index (Phi) is 4.26. The number of nitrogens with one attached hydrogen (secondary N) is 2. The number of rotatable bonds is 3. The Bertz CT molecular complexity index is 485. The monoisotopic (exact) mass is 292 g/mol. The molecule has 1 saturated heterocycles. The van der Waals surface area contributed by atoms with Crippen LogP contribution >= 0.6 is 0 Å². The van der Waals surface area contributed by atoms with Crippen molar-refractivity contribution in [2.75, 3.05) is 31.5 Å². The van der Waals surface area contributed by atoms with Gasteiger partial charge in [-0.15, -0.1) is 0 Å². The largest absolute Gasteiger partial charge is 0.360 e. The van der Waals surface area contributed by atoms with Crippen LogP contribution in [0.1, 0.15) is 37.9 Å².